The average molecular weight is 311 g/mol. The third-order valence-electron chi connectivity index (χ3n) is 2.80. The van der Waals surface area contributed by atoms with Crippen LogP contribution in [0.4, 0.5) is 5.69 Å². The maximum Gasteiger partial charge on any atom is 0.269 e. The molecule has 0 amide bonds. The van der Waals surface area contributed by atoms with Crippen molar-refractivity contribution in [2.75, 3.05) is 0 Å². The molecule has 0 saturated heterocycles. The second-order valence-electron chi connectivity index (χ2n) is 4.26. The zero-order valence-corrected chi connectivity index (χ0v) is 12.0. The molecule has 0 aliphatic rings. The van der Waals surface area contributed by atoms with Gasteiger partial charge in [0.05, 0.1) is 4.92 Å². The van der Waals surface area contributed by atoms with Crippen molar-refractivity contribution in [1.29, 1.82) is 0 Å². The minimum absolute atomic E-state index is 0.0395. The lowest BCUT2D eigenvalue weighted by atomic mass is 10.2. The van der Waals surface area contributed by atoms with Crippen LogP contribution >= 0.6 is 23.2 Å². The lowest BCUT2D eigenvalue weighted by Gasteiger charge is -2.07. The van der Waals surface area contributed by atoms with Gasteiger partial charge in [-0.15, -0.1) is 0 Å². The summed E-state index contributed by atoms with van der Waals surface area (Å²) in [5, 5.41) is 15.1. The highest BCUT2D eigenvalue weighted by molar-refractivity contribution is 6.31. The molecule has 2 rings (SSSR count). The van der Waals surface area contributed by atoms with E-state index in [1.54, 1.807) is 6.07 Å². The van der Waals surface area contributed by atoms with Gasteiger partial charge >= 0.3 is 0 Å². The zero-order chi connectivity index (χ0) is 14.5. The Kier molecular flexibility index (Phi) is 4.95. The molecule has 1 N–H and O–H groups in total. The van der Waals surface area contributed by atoms with Gasteiger partial charge in [-0.05, 0) is 29.3 Å². The molecule has 0 radical (unpaired) electrons. The lowest BCUT2D eigenvalue weighted by Crippen LogP contribution is -2.13. The second-order valence-corrected chi connectivity index (χ2v) is 5.11. The van der Waals surface area contributed by atoms with Crippen LogP contribution in [0.25, 0.3) is 0 Å². The van der Waals surface area contributed by atoms with Gasteiger partial charge < -0.3 is 5.32 Å². The van der Waals surface area contributed by atoms with Gasteiger partial charge in [0.1, 0.15) is 0 Å². The zero-order valence-electron chi connectivity index (χ0n) is 10.5. The number of non-ortho nitro benzene ring substituents is 1. The number of hydrogen-bond acceptors (Lipinski definition) is 3. The van der Waals surface area contributed by atoms with E-state index in [1.165, 1.54) is 12.1 Å². The number of halogens is 2. The van der Waals surface area contributed by atoms with Crippen LogP contribution in [0.5, 0.6) is 0 Å². The second kappa shape index (κ2) is 6.70. The summed E-state index contributed by atoms with van der Waals surface area (Å²) in [7, 11) is 0. The molecule has 2 aromatic rings. The molecule has 104 valence electrons. The summed E-state index contributed by atoms with van der Waals surface area (Å²) in [5.74, 6) is 0. The molecule has 0 aromatic heterocycles. The minimum Gasteiger partial charge on any atom is -0.309 e. The van der Waals surface area contributed by atoms with Crippen molar-refractivity contribution in [3.8, 4) is 0 Å². The van der Waals surface area contributed by atoms with Crippen LogP contribution < -0.4 is 5.32 Å². The number of nitrogens with one attached hydrogen (secondary N) is 1. The monoisotopic (exact) mass is 310 g/mol. The topological polar surface area (TPSA) is 55.2 Å². The highest BCUT2D eigenvalue weighted by Gasteiger charge is 2.09. The van der Waals surface area contributed by atoms with E-state index in [2.05, 4.69) is 5.32 Å². The summed E-state index contributed by atoms with van der Waals surface area (Å²) in [6.07, 6.45) is 0. The van der Waals surface area contributed by atoms with Crippen molar-refractivity contribution in [2.45, 2.75) is 13.1 Å². The Labute approximate surface area is 126 Å². The van der Waals surface area contributed by atoms with E-state index < -0.39 is 4.92 Å². The number of nitro groups is 1. The predicted octanol–water partition coefficient (Wildman–Crippen LogP) is 4.19. The van der Waals surface area contributed by atoms with Gasteiger partial charge in [0.25, 0.3) is 5.69 Å². The van der Waals surface area contributed by atoms with E-state index in [9.17, 15) is 10.1 Å². The van der Waals surface area contributed by atoms with Crippen molar-refractivity contribution in [1.82, 2.24) is 5.32 Å². The van der Waals surface area contributed by atoms with Crippen LogP contribution in [0.15, 0.2) is 42.5 Å². The first-order valence-electron chi connectivity index (χ1n) is 5.94. The van der Waals surface area contributed by atoms with Crippen LogP contribution in [0, 0.1) is 10.1 Å². The molecule has 0 spiro atoms. The van der Waals surface area contributed by atoms with Crippen LogP contribution in [0.1, 0.15) is 11.1 Å². The summed E-state index contributed by atoms with van der Waals surface area (Å²) in [6, 6.07) is 11.9. The number of nitro benzene ring substituents is 1. The Balaban J connectivity index is 1.98. The molecule has 0 aliphatic carbocycles. The van der Waals surface area contributed by atoms with Crippen molar-refractivity contribution < 1.29 is 4.92 Å². The first-order valence-corrected chi connectivity index (χ1v) is 6.70. The third kappa shape index (κ3) is 3.93. The fourth-order valence-electron chi connectivity index (χ4n) is 1.75. The Morgan fingerprint density at radius 2 is 1.75 bits per heavy atom. The number of rotatable bonds is 5. The maximum absolute atomic E-state index is 10.7. The van der Waals surface area contributed by atoms with Crippen LogP contribution in [0.2, 0.25) is 10.0 Å². The molecule has 0 atom stereocenters. The van der Waals surface area contributed by atoms with Gasteiger partial charge in [-0.1, -0.05) is 35.3 Å². The van der Waals surface area contributed by atoms with Crippen LogP contribution in [-0.2, 0) is 13.1 Å². The molecule has 0 aliphatic heterocycles. The molecule has 0 fully saturated rings. The van der Waals surface area contributed by atoms with Gasteiger partial charge in [0, 0.05) is 35.3 Å². The van der Waals surface area contributed by atoms with Gasteiger partial charge in [-0.25, -0.2) is 0 Å². The summed E-state index contributed by atoms with van der Waals surface area (Å²) in [5.41, 5.74) is 1.82. The number of nitrogens with zero attached hydrogens (tertiary/aromatic N) is 1. The van der Waals surface area contributed by atoms with E-state index in [4.69, 9.17) is 23.2 Å². The fourth-order valence-corrected chi connectivity index (χ4v) is 2.06. The molecule has 6 heteroatoms. The first-order chi connectivity index (χ1) is 9.56. The van der Waals surface area contributed by atoms with Crippen LogP contribution in [0.3, 0.4) is 0 Å². The van der Waals surface area contributed by atoms with Gasteiger partial charge in [0.15, 0.2) is 0 Å². The van der Waals surface area contributed by atoms with E-state index in [1.807, 2.05) is 24.3 Å². The molecular weight excluding hydrogens is 299 g/mol. The van der Waals surface area contributed by atoms with E-state index in [-0.39, 0.29) is 5.69 Å². The van der Waals surface area contributed by atoms with E-state index in [0.717, 1.165) is 5.56 Å². The Bertz CT molecular complexity index is 615. The van der Waals surface area contributed by atoms with Crippen molar-refractivity contribution in [3.63, 3.8) is 0 Å². The Morgan fingerprint density at radius 1 is 1.05 bits per heavy atom. The standard InChI is InChI=1S/C14H12Cl2N2O2/c15-12-3-1-10(2-4-12)8-17-9-11-7-13(18(19)20)5-6-14(11)16/h1-7,17H,8-9H2. The SMILES string of the molecule is O=[N+]([O-])c1ccc(Cl)c(CNCc2ccc(Cl)cc2)c1. The van der Waals surface area contributed by atoms with Gasteiger partial charge in [-0.3, -0.25) is 10.1 Å². The molecule has 20 heavy (non-hydrogen) atoms. The first kappa shape index (κ1) is 14.8. The van der Waals surface area contributed by atoms with Crippen LogP contribution in [-0.4, -0.2) is 4.92 Å². The summed E-state index contributed by atoms with van der Waals surface area (Å²) >= 11 is 11.8. The number of hydrogen-bond donors (Lipinski definition) is 1. The molecule has 0 unspecified atom stereocenters. The van der Waals surface area contributed by atoms with Gasteiger partial charge in [0.2, 0.25) is 0 Å². The van der Waals surface area contributed by atoms with Crippen molar-refractivity contribution in [3.05, 3.63) is 73.8 Å². The van der Waals surface area contributed by atoms with E-state index >= 15 is 0 Å². The molecule has 2 aromatic carbocycles. The molecule has 0 bridgehead atoms. The van der Waals surface area contributed by atoms with Crippen molar-refractivity contribution in [2.24, 2.45) is 0 Å². The number of benzene rings is 2. The molecule has 4 nitrogen and oxygen atoms in total. The predicted molar refractivity (Wildman–Crippen MR) is 80.1 cm³/mol. The molecule has 0 saturated carbocycles. The summed E-state index contributed by atoms with van der Waals surface area (Å²) < 4.78 is 0. The average Bonchev–Trinajstić information content (AvgIpc) is 2.43. The molecular formula is C14H12Cl2N2O2. The fraction of sp³-hybridized carbons (Fsp3) is 0.143. The highest BCUT2D eigenvalue weighted by atomic mass is 35.5. The Hall–Kier alpha value is -1.62. The summed E-state index contributed by atoms with van der Waals surface area (Å²) in [4.78, 5) is 10.3. The minimum atomic E-state index is -0.432. The molecule has 0 heterocycles. The third-order valence-corrected chi connectivity index (χ3v) is 3.42. The lowest BCUT2D eigenvalue weighted by molar-refractivity contribution is -0.384. The highest BCUT2D eigenvalue weighted by Crippen LogP contribution is 2.22. The maximum atomic E-state index is 10.7. The largest absolute Gasteiger partial charge is 0.309 e. The normalized spacial score (nSPS) is 10.5. The quantitative estimate of drug-likeness (QED) is 0.665. The Morgan fingerprint density at radius 3 is 2.40 bits per heavy atom. The summed E-state index contributed by atoms with van der Waals surface area (Å²) in [6.45, 7) is 1.10. The van der Waals surface area contributed by atoms with Crippen molar-refractivity contribution >= 4 is 28.9 Å². The smallest absolute Gasteiger partial charge is 0.269 e. The van der Waals surface area contributed by atoms with E-state index in [0.29, 0.717) is 28.7 Å². The van der Waals surface area contributed by atoms with Gasteiger partial charge in [-0.2, -0.15) is 0 Å².